The van der Waals surface area contributed by atoms with E-state index in [0.29, 0.717) is 59.1 Å². The highest BCUT2D eigenvalue weighted by atomic mass is 19.1. The number of rotatable bonds is 9. The van der Waals surface area contributed by atoms with Crippen LogP contribution in [0.25, 0.3) is 27.8 Å². The lowest BCUT2D eigenvalue weighted by molar-refractivity contribution is 0.0612. The van der Waals surface area contributed by atoms with Gasteiger partial charge in [0.15, 0.2) is 0 Å². The second-order valence-corrected chi connectivity index (χ2v) is 10.9. The maximum atomic E-state index is 15.4. The van der Waals surface area contributed by atoms with Crippen LogP contribution in [0.4, 0.5) is 15.9 Å². The Morgan fingerprint density at radius 2 is 1.84 bits per heavy atom. The van der Waals surface area contributed by atoms with E-state index in [1.54, 1.807) is 37.8 Å². The zero-order valence-corrected chi connectivity index (χ0v) is 24.7. The Hall–Kier alpha value is -5.09. The number of anilines is 2. The Balaban J connectivity index is 1.46. The third-order valence-electron chi connectivity index (χ3n) is 7.73. The molecule has 2 aromatic heterocycles. The smallest absolute Gasteiger partial charge is 0.261 e. The number of hydrogen-bond donors (Lipinski definition) is 4. The zero-order valence-electron chi connectivity index (χ0n) is 24.7. The number of pyridine rings is 2. The fourth-order valence-electron chi connectivity index (χ4n) is 5.27. The van der Waals surface area contributed by atoms with Crippen LogP contribution in [0.2, 0.25) is 0 Å². The van der Waals surface area contributed by atoms with Gasteiger partial charge in [-0.3, -0.25) is 9.59 Å². The van der Waals surface area contributed by atoms with Crippen molar-refractivity contribution >= 4 is 29.2 Å². The minimum atomic E-state index is -0.702. The maximum absolute atomic E-state index is 15.4. The van der Waals surface area contributed by atoms with Gasteiger partial charge in [-0.2, -0.15) is 0 Å². The fourth-order valence-corrected chi connectivity index (χ4v) is 5.27. The number of aryl methyl sites for hydroxylation is 1. The quantitative estimate of drug-likeness (QED) is 0.189. The zero-order chi connectivity index (χ0) is 31.2. The molecule has 9 nitrogen and oxygen atoms in total. The predicted octanol–water partition coefficient (Wildman–Crippen LogP) is 5.50. The van der Waals surface area contributed by atoms with E-state index < -0.39 is 17.2 Å². The molecule has 1 aliphatic rings. The normalized spacial score (nSPS) is 13.8. The largest absolute Gasteiger partial charge is 0.393 e. The predicted molar refractivity (Wildman–Crippen MR) is 172 cm³/mol. The molecule has 1 saturated heterocycles. The summed E-state index contributed by atoms with van der Waals surface area (Å²) in [5, 5.41) is 13.1. The number of halogens is 1. The summed E-state index contributed by atoms with van der Waals surface area (Å²) in [6.07, 6.45) is 9.49. The minimum Gasteiger partial charge on any atom is -0.393 e. The third-order valence-corrected chi connectivity index (χ3v) is 7.73. The molecule has 3 heterocycles. The average molecular weight is 595 g/mol. The number of carbonyl (C=O) groups excluding carboxylic acids is 1. The van der Waals surface area contributed by atoms with Crippen molar-refractivity contribution in [2.24, 2.45) is 5.92 Å². The van der Waals surface area contributed by atoms with Crippen molar-refractivity contribution in [2.75, 3.05) is 31.3 Å². The molecule has 1 aliphatic heterocycles. The molecule has 0 atom stereocenters. The molecule has 5 rings (SSSR count). The van der Waals surface area contributed by atoms with E-state index in [1.165, 1.54) is 24.5 Å². The first-order valence-corrected chi connectivity index (χ1v) is 14.4. The van der Waals surface area contributed by atoms with Gasteiger partial charge in [0.25, 0.3) is 5.91 Å². The van der Waals surface area contributed by atoms with Crippen LogP contribution in [0.15, 0.2) is 78.1 Å². The van der Waals surface area contributed by atoms with Gasteiger partial charge < -0.3 is 31.1 Å². The first-order chi connectivity index (χ1) is 21.3. The number of carbonyl (C=O) groups is 1. The van der Waals surface area contributed by atoms with Crippen LogP contribution < -0.4 is 21.8 Å². The number of nitrogens with one attached hydrogen (secondary N) is 3. The second kappa shape index (κ2) is 13.5. The molecule has 1 fully saturated rings. The van der Waals surface area contributed by atoms with E-state index in [2.05, 4.69) is 15.6 Å². The number of allylic oxidation sites excluding steroid dienone is 1. The van der Waals surface area contributed by atoms with Gasteiger partial charge in [0.1, 0.15) is 17.2 Å². The molecule has 0 saturated carbocycles. The van der Waals surface area contributed by atoms with Crippen LogP contribution in [-0.4, -0.2) is 41.9 Å². The Bertz CT molecular complexity index is 1780. The number of amides is 1. The van der Waals surface area contributed by atoms with E-state index in [1.807, 2.05) is 35.8 Å². The van der Waals surface area contributed by atoms with Crippen molar-refractivity contribution < 1.29 is 13.9 Å². The second-order valence-electron chi connectivity index (χ2n) is 10.9. The summed E-state index contributed by atoms with van der Waals surface area (Å²) in [5.41, 5.74) is 9.81. The summed E-state index contributed by atoms with van der Waals surface area (Å²) < 4.78 is 22.8. The molecule has 0 aliphatic carbocycles. The number of ether oxygens (including phenoxy) is 1. The lowest BCUT2D eigenvalue weighted by atomic mass is 9.99. The summed E-state index contributed by atoms with van der Waals surface area (Å²) in [5.74, 6) is -0.859. The van der Waals surface area contributed by atoms with Gasteiger partial charge in [-0.1, -0.05) is 35.9 Å². The van der Waals surface area contributed by atoms with Gasteiger partial charge >= 0.3 is 0 Å². The van der Waals surface area contributed by atoms with Crippen LogP contribution in [0.5, 0.6) is 0 Å². The Morgan fingerprint density at radius 3 is 2.52 bits per heavy atom. The summed E-state index contributed by atoms with van der Waals surface area (Å²) in [6.45, 7) is 3.96. The topological polar surface area (TPSA) is 135 Å². The molecule has 0 bridgehead atoms. The fraction of sp³-hybridized carbons (Fsp3) is 0.235. The van der Waals surface area contributed by atoms with Crippen molar-refractivity contribution in [3.63, 3.8) is 0 Å². The molecule has 0 unspecified atom stereocenters. The molecule has 0 radical (unpaired) electrons. The number of hydrogen-bond acceptors (Lipinski definition) is 7. The first kappa shape index (κ1) is 30.4. The summed E-state index contributed by atoms with van der Waals surface area (Å²) in [7, 11) is 1.72. The highest BCUT2D eigenvalue weighted by molar-refractivity contribution is 6.08. The molecule has 4 aromatic rings. The molecule has 2 aromatic carbocycles. The lowest BCUT2D eigenvalue weighted by Gasteiger charge is -2.23. The van der Waals surface area contributed by atoms with Crippen LogP contribution in [-0.2, 0) is 11.3 Å². The highest BCUT2D eigenvalue weighted by Gasteiger charge is 2.21. The van der Waals surface area contributed by atoms with E-state index >= 15 is 4.39 Å². The van der Waals surface area contributed by atoms with Crippen molar-refractivity contribution in [2.45, 2.75) is 26.3 Å². The SMILES string of the molecule is CN/C=C(\C=N)c1cnc(N)c(-c2ccc(NC(=O)c3cn(CC4CCOCC4)cc(-c4ccc(C)cc4)c3=O)c(F)c2)c1. The van der Waals surface area contributed by atoms with E-state index in [4.69, 9.17) is 15.9 Å². The minimum absolute atomic E-state index is 0.0738. The van der Waals surface area contributed by atoms with Crippen LogP contribution >= 0.6 is 0 Å². The third kappa shape index (κ3) is 6.76. The number of nitrogen functional groups attached to an aromatic ring is 1. The van der Waals surface area contributed by atoms with Gasteiger partial charge in [0.2, 0.25) is 5.43 Å². The van der Waals surface area contributed by atoms with Crippen molar-refractivity contribution in [1.82, 2.24) is 14.9 Å². The van der Waals surface area contributed by atoms with Gasteiger partial charge in [0, 0.05) is 80.1 Å². The van der Waals surface area contributed by atoms with Crippen molar-refractivity contribution in [1.29, 1.82) is 5.41 Å². The molecule has 1 amide bonds. The van der Waals surface area contributed by atoms with Crippen molar-refractivity contribution in [3.05, 3.63) is 106 Å². The molecular formula is C34H35FN6O3. The highest BCUT2D eigenvalue weighted by Crippen LogP contribution is 2.30. The Kier molecular flexibility index (Phi) is 9.30. The molecule has 0 spiro atoms. The standard InChI is InChI=1S/C34H35FN6O3/c1-21-3-5-23(6-4-21)28-19-41(18-22-9-11-44-12-10-22)20-29(32(28)42)34(43)40-31-8-7-24(14-30(31)35)27-13-25(17-39-33(27)37)26(15-36)16-38-2/h3-8,13-17,19-20,22,36,38H,9-12,18H2,1-2H3,(H2,37,39)(H,40,43)/b26-16+,36-15?. The number of benzene rings is 2. The average Bonchev–Trinajstić information content (AvgIpc) is 3.03. The maximum Gasteiger partial charge on any atom is 0.261 e. The van der Waals surface area contributed by atoms with Crippen LogP contribution in [0, 0.1) is 24.1 Å². The van der Waals surface area contributed by atoms with E-state index in [0.717, 1.165) is 18.4 Å². The summed E-state index contributed by atoms with van der Waals surface area (Å²) in [6, 6.07) is 13.6. The lowest BCUT2D eigenvalue weighted by Crippen LogP contribution is -2.27. The molecule has 5 N–H and O–H groups in total. The summed E-state index contributed by atoms with van der Waals surface area (Å²) >= 11 is 0. The Morgan fingerprint density at radius 1 is 1.11 bits per heavy atom. The van der Waals surface area contributed by atoms with E-state index in [-0.39, 0.29) is 17.1 Å². The molecule has 10 heteroatoms. The number of nitrogens with zero attached hydrogens (tertiary/aromatic N) is 2. The van der Waals surface area contributed by atoms with Gasteiger partial charge in [-0.15, -0.1) is 0 Å². The van der Waals surface area contributed by atoms with Crippen molar-refractivity contribution in [3.8, 4) is 22.3 Å². The van der Waals surface area contributed by atoms with Gasteiger partial charge in [-0.25, -0.2) is 9.37 Å². The Labute approximate surface area is 255 Å². The number of aromatic nitrogens is 2. The monoisotopic (exact) mass is 594 g/mol. The van der Waals surface area contributed by atoms with Crippen LogP contribution in [0.1, 0.15) is 34.3 Å². The number of nitrogens with two attached hydrogens (primary N) is 1. The molecule has 226 valence electrons. The van der Waals surface area contributed by atoms with Gasteiger partial charge in [-0.05, 0) is 55.0 Å². The van der Waals surface area contributed by atoms with E-state index in [9.17, 15) is 9.59 Å². The van der Waals surface area contributed by atoms with Gasteiger partial charge in [0.05, 0.1) is 5.69 Å². The molecule has 44 heavy (non-hydrogen) atoms. The molecular weight excluding hydrogens is 559 g/mol. The first-order valence-electron chi connectivity index (χ1n) is 14.4. The van der Waals surface area contributed by atoms with Crippen LogP contribution in [0.3, 0.4) is 0 Å². The summed E-state index contributed by atoms with van der Waals surface area (Å²) in [4.78, 5) is 31.3.